The molecule has 0 aliphatic heterocycles. The Hall–Kier alpha value is -2.38. The van der Waals surface area contributed by atoms with Crippen LogP contribution in [0.15, 0.2) is 34.9 Å². The molecule has 1 heterocycles. The average Bonchev–Trinajstić information content (AvgIpc) is 2.93. The molecule has 0 radical (unpaired) electrons. The number of nitrogens with zero attached hydrogens (tertiary/aromatic N) is 2. The van der Waals surface area contributed by atoms with Gasteiger partial charge in [0.2, 0.25) is 11.8 Å². The second-order valence-electron chi connectivity index (χ2n) is 4.98. The number of rotatable bonds is 7. The van der Waals surface area contributed by atoms with Crippen molar-refractivity contribution in [3.05, 3.63) is 47.6 Å². The Bertz CT molecular complexity index is 626. The molecule has 2 aromatic rings. The molecule has 1 amide bonds. The summed E-state index contributed by atoms with van der Waals surface area (Å²) >= 11 is 0. The summed E-state index contributed by atoms with van der Waals surface area (Å²) < 4.78 is 41.0. The summed E-state index contributed by atoms with van der Waals surface area (Å²) in [5.41, 5.74) is 1.04. The molecule has 8 heteroatoms. The van der Waals surface area contributed by atoms with Crippen molar-refractivity contribution < 1.29 is 22.5 Å². The van der Waals surface area contributed by atoms with Crippen molar-refractivity contribution in [2.24, 2.45) is 0 Å². The molecule has 2 rings (SSSR count). The first-order chi connectivity index (χ1) is 10.9. The molecule has 0 unspecified atom stereocenters. The lowest BCUT2D eigenvalue weighted by molar-refractivity contribution is -0.144. The molecular formula is C15H16F3N3O2. The predicted molar refractivity (Wildman–Crippen MR) is 75.5 cm³/mol. The van der Waals surface area contributed by atoms with Gasteiger partial charge in [-0.25, -0.2) is 0 Å². The zero-order valence-corrected chi connectivity index (χ0v) is 12.3. The number of halogens is 3. The van der Waals surface area contributed by atoms with E-state index in [9.17, 15) is 18.0 Å². The number of benzene rings is 1. The third kappa shape index (κ3) is 6.50. The molecule has 0 aliphatic carbocycles. The highest BCUT2D eigenvalue weighted by Gasteiger charge is 2.27. The molecule has 1 aromatic carbocycles. The Morgan fingerprint density at radius 1 is 1.22 bits per heavy atom. The van der Waals surface area contributed by atoms with Crippen molar-refractivity contribution in [1.29, 1.82) is 0 Å². The highest BCUT2D eigenvalue weighted by atomic mass is 19.4. The van der Waals surface area contributed by atoms with E-state index in [1.54, 1.807) is 0 Å². The maximum atomic E-state index is 12.0. The average molecular weight is 327 g/mol. The van der Waals surface area contributed by atoms with Gasteiger partial charge in [0.25, 0.3) is 0 Å². The first kappa shape index (κ1) is 17.0. The standard InChI is InChI=1S/C15H16F3N3O2/c16-15(17,18)8-6-13(22)19-9-7-14-20-12(21-23-14)10-11-4-2-1-3-5-11/h1-5H,6-10H2,(H,19,22). The number of amides is 1. The first-order valence-corrected chi connectivity index (χ1v) is 7.11. The normalized spacial score (nSPS) is 11.4. The monoisotopic (exact) mass is 327 g/mol. The fourth-order valence-electron chi connectivity index (χ4n) is 1.89. The Labute approximate surface area is 130 Å². The molecule has 0 saturated heterocycles. The van der Waals surface area contributed by atoms with Crippen LogP contribution in [0.5, 0.6) is 0 Å². The smallest absolute Gasteiger partial charge is 0.356 e. The van der Waals surface area contributed by atoms with Crippen LogP contribution in [0.3, 0.4) is 0 Å². The second kappa shape index (κ2) is 7.75. The Morgan fingerprint density at radius 3 is 2.65 bits per heavy atom. The summed E-state index contributed by atoms with van der Waals surface area (Å²) in [6.07, 6.45) is -5.22. The quantitative estimate of drug-likeness (QED) is 0.849. The molecule has 0 atom stereocenters. The van der Waals surface area contributed by atoms with Crippen LogP contribution in [0.25, 0.3) is 0 Å². The van der Waals surface area contributed by atoms with E-state index in [-0.39, 0.29) is 13.0 Å². The Balaban J connectivity index is 1.72. The fourth-order valence-corrected chi connectivity index (χ4v) is 1.89. The third-order valence-corrected chi connectivity index (χ3v) is 3.01. The summed E-state index contributed by atoms with van der Waals surface area (Å²) in [6.45, 7) is 0.156. The van der Waals surface area contributed by atoms with Gasteiger partial charge in [-0.2, -0.15) is 18.2 Å². The van der Waals surface area contributed by atoms with Crippen LogP contribution in [-0.2, 0) is 17.6 Å². The summed E-state index contributed by atoms with van der Waals surface area (Å²) in [5, 5.41) is 6.23. The number of hydrogen-bond donors (Lipinski definition) is 1. The maximum Gasteiger partial charge on any atom is 0.389 e. The lowest BCUT2D eigenvalue weighted by Gasteiger charge is -2.06. The van der Waals surface area contributed by atoms with Crippen LogP contribution in [0, 0.1) is 0 Å². The van der Waals surface area contributed by atoms with E-state index in [1.807, 2.05) is 30.3 Å². The van der Waals surface area contributed by atoms with Crippen molar-refractivity contribution in [3.63, 3.8) is 0 Å². The topological polar surface area (TPSA) is 68.0 Å². The largest absolute Gasteiger partial charge is 0.389 e. The zero-order chi connectivity index (χ0) is 16.7. The molecule has 1 aromatic heterocycles. The summed E-state index contributed by atoms with van der Waals surface area (Å²) in [4.78, 5) is 15.4. The van der Waals surface area contributed by atoms with Crippen LogP contribution < -0.4 is 5.32 Å². The molecule has 0 saturated carbocycles. The van der Waals surface area contributed by atoms with Crippen LogP contribution >= 0.6 is 0 Å². The van der Waals surface area contributed by atoms with Gasteiger partial charge in [-0.3, -0.25) is 4.79 Å². The summed E-state index contributed by atoms with van der Waals surface area (Å²) in [7, 11) is 0. The molecule has 0 fully saturated rings. The van der Waals surface area contributed by atoms with Crippen LogP contribution in [0.4, 0.5) is 13.2 Å². The first-order valence-electron chi connectivity index (χ1n) is 7.11. The van der Waals surface area contributed by atoms with Crippen LogP contribution in [0.1, 0.15) is 30.1 Å². The highest BCUT2D eigenvalue weighted by Crippen LogP contribution is 2.20. The van der Waals surface area contributed by atoms with Gasteiger partial charge in [0.05, 0.1) is 6.42 Å². The van der Waals surface area contributed by atoms with E-state index in [0.717, 1.165) is 5.56 Å². The van der Waals surface area contributed by atoms with Crippen molar-refractivity contribution in [3.8, 4) is 0 Å². The van der Waals surface area contributed by atoms with Crippen LogP contribution in [0.2, 0.25) is 0 Å². The maximum absolute atomic E-state index is 12.0. The zero-order valence-electron chi connectivity index (χ0n) is 12.3. The van der Waals surface area contributed by atoms with Crippen LogP contribution in [-0.4, -0.2) is 28.8 Å². The summed E-state index contributed by atoms with van der Waals surface area (Å²) in [5.74, 6) is 0.216. The second-order valence-corrected chi connectivity index (χ2v) is 4.98. The van der Waals surface area contributed by atoms with Gasteiger partial charge in [-0.15, -0.1) is 0 Å². The molecule has 1 N–H and O–H groups in total. The van der Waals surface area contributed by atoms with Crippen molar-refractivity contribution >= 4 is 5.91 Å². The SMILES string of the molecule is O=C(CCC(F)(F)F)NCCc1nc(Cc2ccccc2)no1. The lowest BCUT2D eigenvalue weighted by Crippen LogP contribution is -2.27. The number of aromatic nitrogens is 2. The van der Waals surface area contributed by atoms with E-state index < -0.39 is 24.9 Å². The summed E-state index contributed by atoms with van der Waals surface area (Å²) in [6, 6.07) is 9.61. The van der Waals surface area contributed by atoms with E-state index in [0.29, 0.717) is 18.1 Å². The molecule has 124 valence electrons. The van der Waals surface area contributed by atoms with E-state index in [4.69, 9.17) is 4.52 Å². The molecule has 0 aliphatic rings. The van der Waals surface area contributed by atoms with Gasteiger partial charge < -0.3 is 9.84 Å². The third-order valence-electron chi connectivity index (χ3n) is 3.01. The Morgan fingerprint density at radius 2 is 1.96 bits per heavy atom. The van der Waals surface area contributed by atoms with Gasteiger partial charge in [-0.1, -0.05) is 35.5 Å². The van der Waals surface area contributed by atoms with E-state index in [2.05, 4.69) is 15.5 Å². The molecule has 23 heavy (non-hydrogen) atoms. The number of carbonyl (C=O) groups excluding carboxylic acids is 1. The minimum absolute atomic E-state index is 0.156. The number of alkyl halides is 3. The number of nitrogens with one attached hydrogen (secondary N) is 1. The molecular weight excluding hydrogens is 311 g/mol. The minimum Gasteiger partial charge on any atom is -0.356 e. The fraction of sp³-hybridized carbons (Fsp3) is 0.400. The molecule has 5 nitrogen and oxygen atoms in total. The van der Waals surface area contributed by atoms with Gasteiger partial charge in [0, 0.05) is 25.8 Å². The predicted octanol–water partition coefficient (Wildman–Crippen LogP) is 2.66. The van der Waals surface area contributed by atoms with E-state index >= 15 is 0 Å². The number of hydrogen-bond acceptors (Lipinski definition) is 4. The van der Waals surface area contributed by atoms with Gasteiger partial charge in [0.15, 0.2) is 5.82 Å². The van der Waals surface area contributed by atoms with Crippen molar-refractivity contribution in [2.75, 3.05) is 6.54 Å². The van der Waals surface area contributed by atoms with Gasteiger partial charge >= 0.3 is 6.18 Å². The highest BCUT2D eigenvalue weighted by molar-refractivity contribution is 5.75. The lowest BCUT2D eigenvalue weighted by atomic mass is 10.1. The molecule has 0 bridgehead atoms. The number of carbonyl (C=O) groups is 1. The minimum atomic E-state index is -4.32. The Kier molecular flexibility index (Phi) is 5.72. The van der Waals surface area contributed by atoms with Gasteiger partial charge in [0.1, 0.15) is 0 Å². The van der Waals surface area contributed by atoms with Crippen molar-refractivity contribution in [1.82, 2.24) is 15.5 Å². The van der Waals surface area contributed by atoms with Gasteiger partial charge in [-0.05, 0) is 5.56 Å². The van der Waals surface area contributed by atoms with E-state index in [1.165, 1.54) is 0 Å². The molecule has 0 spiro atoms. The van der Waals surface area contributed by atoms with Crippen molar-refractivity contribution in [2.45, 2.75) is 31.9 Å².